The third-order valence-electron chi connectivity index (χ3n) is 3.03. The Morgan fingerprint density at radius 1 is 1.22 bits per heavy atom. The number of carbonyl (C=O) groups is 1. The van der Waals surface area contributed by atoms with Crippen molar-refractivity contribution in [2.45, 2.75) is 19.0 Å². The van der Waals surface area contributed by atoms with Gasteiger partial charge in [0.2, 0.25) is 11.0 Å². The van der Waals surface area contributed by atoms with Crippen LogP contribution in [0.3, 0.4) is 0 Å². The smallest absolute Gasteiger partial charge is 0.236 e. The fraction of sp³-hybridized carbons (Fsp3) is 0.214. The number of nitrogens with zero attached hydrogens (tertiary/aromatic N) is 5. The van der Waals surface area contributed by atoms with Gasteiger partial charge < -0.3 is 0 Å². The van der Waals surface area contributed by atoms with Crippen LogP contribution in [0.1, 0.15) is 11.4 Å². The first-order chi connectivity index (χ1) is 11.1. The summed E-state index contributed by atoms with van der Waals surface area (Å²) < 4.78 is 1.93. The van der Waals surface area contributed by atoms with Crippen LogP contribution in [0.25, 0.3) is 5.69 Å². The summed E-state index contributed by atoms with van der Waals surface area (Å²) in [5.41, 5.74) is 3.73. The Balaban J connectivity index is 1.71. The number of carbonyl (C=O) groups excluding carboxylic acids is 1. The van der Waals surface area contributed by atoms with Crippen LogP contribution in [-0.4, -0.2) is 36.6 Å². The number of hydrogen-bond acceptors (Lipinski definition) is 7. The van der Waals surface area contributed by atoms with Crippen molar-refractivity contribution in [2.75, 3.05) is 11.1 Å². The summed E-state index contributed by atoms with van der Waals surface area (Å²) in [6.45, 7) is 3.93. The van der Waals surface area contributed by atoms with E-state index in [1.54, 1.807) is 5.51 Å². The van der Waals surface area contributed by atoms with E-state index in [-0.39, 0.29) is 11.7 Å². The van der Waals surface area contributed by atoms with Crippen molar-refractivity contribution in [1.29, 1.82) is 0 Å². The molecule has 118 valence electrons. The highest BCUT2D eigenvalue weighted by Crippen LogP contribution is 2.22. The van der Waals surface area contributed by atoms with E-state index < -0.39 is 0 Å². The minimum atomic E-state index is -0.150. The van der Waals surface area contributed by atoms with E-state index >= 15 is 0 Å². The van der Waals surface area contributed by atoms with Crippen LogP contribution in [-0.2, 0) is 4.79 Å². The van der Waals surface area contributed by atoms with Crippen LogP contribution in [0.2, 0.25) is 0 Å². The maximum absolute atomic E-state index is 11.9. The minimum Gasteiger partial charge on any atom is -0.300 e. The molecule has 0 saturated heterocycles. The Kier molecular flexibility index (Phi) is 4.68. The molecule has 0 bridgehead atoms. The zero-order valence-corrected chi connectivity index (χ0v) is 14.2. The molecule has 1 N–H and O–H groups in total. The number of aryl methyl sites for hydroxylation is 2. The largest absolute Gasteiger partial charge is 0.300 e. The van der Waals surface area contributed by atoms with Gasteiger partial charge in [-0.15, -0.1) is 20.4 Å². The molecular weight excluding hydrogens is 332 g/mol. The third kappa shape index (κ3) is 3.74. The molecule has 0 fully saturated rings. The van der Waals surface area contributed by atoms with Gasteiger partial charge in [-0.05, 0) is 26.0 Å². The van der Waals surface area contributed by atoms with Gasteiger partial charge in [-0.25, -0.2) is 0 Å². The zero-order chi connectivity index (χ0) is 16.2. The lowest BCUT2D eigenvalue weighted by Crippen LogP contribution is -2.14. The van der Waals surface area contributed by atoms with E-state index in [4.69, 9.17) is 0 Å². The molecule has 3 rings (SSSR count). The predicted molar refractivity (Wildman–Crippen MR) is 90.1 cm³/mol. The summed E-state index contributed by atoms with van der Waals surface area (Å²) in [6, 6.07) is 8.09. The normalized spacial score (nSPS) is 10.7. The quantitative estimate of drug-likeness (QED) is 0.714. The zero-order valence-electron chi connectivity index (χ0n) is 12.6. The molecule has 0 aliphatic heterocycles. The Hall–Kier alpha value is -2.26. The van der Waals surface area contributed by atoms with Crippen LogP contribution in [0.4, 0.5) is 5.13 Å². The summed E-state index contributed by atoms with van der Waals surface area (Å²) >= 11 is 2.61. The first kappa shape index (κ1) is 15.6. The topological polar surface area (TPSA) is 85.6 Å². The van der Waals surface area contributed by atoms with Crippen molar-refractivity contribution >= 4 is 34.1 Å². The number of nitrogens with one attached hydrogen (secondary N) is 1. The molecule has 1 aromatic carbocycles. The number of hydrogen-bond donors (Lipinski definition) is 1. The van der Waals surface area contributed by atoms with E-state index in [0.717, 1.165) is 11.5 Å². The van der Waals surface area contributed by atoms with Crippen LogP contribution >= 0.6 is 23.1 Å². The molecule has 0 atom stereocenters. The molecule has 2 heterocycles. The number of rotatable bonds is 5. The molecule has 2 aromatic heterocycles. The lowest BCUT2D eigenvalue weighted by atomic mass is 10.2. The van der Waals surface area contributed by atoms with E-state index in [2.05, 4.69) is 25.7 Å². The van der Waals surface area contributed by atoms with Gasteiger partial charge in [-0.2, -0.15) is 0 Å². The molecular formula is C14H14N6OS2. The van der Waals surface area contributed by atoms with Crippen LogP contribution in [0, 0.1) is 13.8 Å². The van der Waals surface area contributed by atoms with E-state index in [1.807, 2.05) is 42.7 Å². The van der Waals surface area contributed by atoms with Gasteiger partial charge in [-0.1, -0.05) is 40.8 Å². The van der Waals surface area contributed by atoms with Crippen molar-refractivity contribution in [3.63, 3.8) is 0 Å². The summed E-state index contributed by atoms with van der Waals surface area (Å²) in [6.07, 6.45) is 0. The first-order valence-corrected chi connectivity index (χ1v) is 8.68. The number of anilines is 1. The average molecular weight is 346 g/mol. The van der Waals surface area contributed by atoms with E-state index in [1.165, 1.54) is 28.7 Å². The minimum absolute atomic E-state index is 0.150. The molecule has 1 amide bonds. The van der Waals surface area contributed by atoms with Crippen molar-refractivity contribution in [3.05, 3.63) is 41.2 Å². The highest BCUT2D eigenvalue weighted by molar-refractivity contribution is 7.99. The first-order valence-electron chi connectivity index (χ1n) is 6.81. The maximum atomic E-state index is 11.9. The number of thioether (sulfide) groups is 1. The molecule has 23 heavy (non-hydrogen) atoms. The van der Waals surface area contributed by atoms with Crippen molar-refractivity contribution < 1.29 is 4.79 Å². The Morgan fingerprint density at radius 3 is 2.70 bits per heavy atom. The molecule has 0 saturated carbocycles. The Labute approximate surface area is 141 Å². The number of aromatic nitrogens is 5. The van der Waals surface area contributed by atoms with Gasteiger partial charge in [0.15, 0.2) is 5.16 Å². The second kappa shape index (κ2) is 6.88. The van der Waals surface area contributed by atoms with Gasteiger partial charge in [0.25, 0.3) is 0 Å². The molecule has 0 radical (unpaired) electrons. The Morgan fingerprint density at radius 2 is 2.00 bits per heavy atom. The molecule has 0 aliphatic rings. The molecule has 0 unspecified atom stereocenters. The van der Waals surface area contributed by atoms with Gasteiger partial charge in [0.05, 0.1) is 5.75 Å². The monoisotopic (exact) mass is 346 g/mol. The van der Waals surface area contributed by atoms with E-state index in [0.29, 0.717) is 10.3 Å². The van der Waals surface area contributed by atoms with Gasteiger partial charge in [0.1, 0.15) is 11.3 Å². The summed E-state index contributed by atoms with van der Waals surface area (Å²) in [4.78, 5) is 11.9. The van der Waals surface area contributed by atoms with Gasteiger partial charge in [-0.3, -0.25) is 14.7 Å². The highest BCUT2D eigenvalue weighted by atomic mass is 32.2. The van der Waals surface area contributed by atoms with Crippen molar-refractivity contribution in [1.82, 2.24) is 25.0 Å². The number of benzene rings is 1. The maximum Gasteiger partial charge on any atom is 0.236 e. The predicted octanol–water partition coefficient (Wildman–Crippen LogP) is 2.47. The SMILES string of the molecule is Cc1ccc(-n2c(C)nnc2SCC(=O)Nc2nncs2)cc1. The van der Waals surface area contributed by atoms with Crippen molar-refractivity contribution in [3.8, 4) is 5.69 Å². The second-order valence-corrected chi connectivity index (χ2v) is 6.56. The highest BCUT2D eigenvalue weighted by Gasteiger charge is 2.14. The molecule has 3 aromatic rings. The Bertz CT molecular complexity index is 797. The average Bonchev–Trinajstić information content (AvgIpc) is 3.16. The summed E-state index contributed by atoms with van der Waals surface area (Å²) in [5.74, 6) is 0.854. The molecule has 0 aliphatic carbocycles. The summed E-state index contributed by atoms with van der Waals surface area (Å²) in [5, 5.41) is 19.6. The lowest BCUT2D eigenvalue weighted by molar-refractivity contribution is -0.113. The lowest BCUT2D eigenvalue weighted by Gasteiger charge is -2.08. The van der Waals surface area contributed by atoms with Crippen LogP contribution in [0.5, 0.6) is 0 Å². The van der Waals surface area contributed by atoms with Gasteiger partial charge >= 0.3 is 0 Å². The standard InChI is InChI=1S/C14H14N6OS2/c1-9-3-5-11(6-4-9)20-10(2)17-19-14(20)22-7-12(21)16-13-18-15-8-23-13/h3-6,8H,7H2,1-2H3,(H,16,18,21). The molecule has 7 nitrogen and oxygen atoms in total. The third-order valence-corrected chi connectivity index (χ3v) is 4.56. The fourth-order valence-electron chi connectivity index (χ4n) is 1.94. The fourth-order valence-corrected chi connectivity index (χ4v) is 3.20. The van der Waals surface area contributed by atoms with Crippen LogP contribution in [0.15, 0.2) is 34.9 Å². The second-order valence-electron chi connectivity index (χ2n) is 4.78. The number of amides is 1. The van der Waals surface area contributed by atoms with Crippen molar-refractivity contribution in [2.24, 2.45) is 0 Å². The molecule has 0 spiro atoms. The van der Waals surface area contributed by atoms with Gasteiger partial charge in [0, 0.05) is 5.69 Å². The van der Waals surface area contributed by atoms with Crippen LogP contribution < -0.4 is 5.32 Å². The summed E-state index contributed by atoms with van der Waals surface area (Å²) in [7, 11) is 0. The van der Waals surface area contributed by atoms with E-state index in [9.17, 15) is 4.79 Å². The molecule has 9 heteroatoms.